The largest absolute Gasteiger partial charge is 0.445 e. The van der Waals surface area contributed by atoms with Gasteiger partial charge in [-0.1, -0.05) is 54.6 Å². The van der Waals surface area contributed by atoms with E-state index in [2.05, 4.69) is 24.3 Å². The summed E-state index contributed by atoms with van der Waals surface area (Å²) in [6, 6.07) is 16.0. The maximum atomic E-state index is 12.2. The van der Waals surface area contributed by atoms with Crippen LogP contribution in [0.2, 0.25) is 0 Å². The van der Waals surface area contributed by atoms with Crippen LogP contribution in [0.4, 0.5) is 4.79 Å². The fourth-order valence-corrected chi connectivity index (χ4v) is 3.56. The maximum absolute atomic E-state index is 12.2. The SMILES string of the molecule is O=C1Cc2ccc(C3=CCN(C(=O)OCc4ccccc4)CC3)cc2C1. The van der Waals surface area contributed by atoms with E-state index in [0.29, 0.717) is 38.3 Å². The summed E-state index contributed by atoms with van der Waals surface area (Å²) in [6.45, 7) is 1.50. The lowest BCUT2D eigenvalue weighted by molar-refractivity contribution is -0.117. The molecule has 1 aliphatic carbocycles. The van der Waals surface area contributed by atoms with E-state index >= 15 is 0 Å². The summed E-state index contributed by atoms with van der Waals surface area (Å²) in [7, 11) is 0. The highest BCUT2D eigenvalue weighted by Gasteiger charge is 2.22. The first-order chi connectivity index (χ1) is 12.7. The van der Waals surface area contributed by atoms with Gasteiger partial charge in [0.25, 0.3) is 0 Å². The van der Waals surface area contributed by atoms with E-state index in [9.17, 15) is 9.59 Å². The van der Waals surface area contributed by atoms with Gasteiger partial charge >= 0.3 is 6.09 Å². The highest BCUT2D eigenvalue weighted by molar-refractivity contribution is 5.88. The van der Waals surface area contributed by atoms with Crippen LogP contribution in [0.5, 0.6) is 0 Å². The Morgan fingerprint density at radius 3 is 2.62 bits per heavy atom. The van der Waals surface area contributed by atoms with Gasteiger partial charge in [-0.15, -0.1) is 0 Å². The molecule has 2 aromatic carbocycles. The Balaban J connectivity index is 1.37. The summed E-state index contributed by atoms with van der Waals surface area (Å²) < 4.78 is 5.40. The molecule has 0 N–H and O–H groups in total. The second-order valence-corrected chi connectivity index (χ2v) is 6.84. The number of ketones is 1. The van der Waals surface area contributed by atoms with Crippen molar-refractivity contribution in [1.29, 1.82) is 0 Å². The van der Waals surface area contributed by atoms with Crippen molar-refractivity contribution in [2.24, 2.45) is 0 Å². The van der Waals surface area contributed by atoms with Crippen molar-refractivity contribution >= 4 is 17.4 Å². The van der Waals surface area contributed by atoms with Gasteiger partial charge in [0.2, 0.25) is 0 Å². The van der Waals surface area contributed by atoms with Crippen LogP contribution in [0.1, 0.15) is 28.7 Å². The molecule has 4 heteroatoms. The smallest absolute Gasteiger partial charge is 0.410 e. The Kier molecular flexibility index (Phi) is 4.57. The predicted molar refractivity (Wildman–Crippen MR) is 99.7 cm³/mol. The van der Waals surface area contributed by atoms with Crippen LogP contribution in [0, 0.1) is 0 Å². The second kappa shape index (κ2) is 7.16. The van der Waals surface area contributed by atoms with Crippen molar-refractivity contribution in [1.82, 2.24) is 4.90 Å². The van der Waals surface area contributed by atoms with Gasteiger partial charge in [-0.3, -0.25) is 4.79 Å². The van der Waals surface area contributed by atoms with Crippen LogP contribution in [-0.4, -0.2) is 29.9 Å². The number of hydrogen-bond donors (Lipinski definition) is 0. The molecule has 0 bridgehead atoms. The molecule has 0 atom stereocenters. The third kappa shape index (κ3) is 3.54. The van der Waals surface area contributed by atoms with E-state index in [-0.39, 0.29) is 6.09 Å². The summed E-state index contributed by atoms with van der Waals surface area (Å²) >= 11 is 0. The molecule has 0 unspecified atom stereocenters. The molecular formula is C22H21NO3. The molecule has 2 aromatic rings. The molecule has 4 rings (SSSR count). The minimum Gasteiger partial charge on any atom is -0.445 e. The second-order valence-electron chi connectivity index (χ2n) is 6.84. The van der Waals surface area contributed by atoms with E-state index in [1.165, 1.54) is 5.57 Å². The summed E-state index contributed by atoms with van der Waals surface area (Å²) in [5.74, 6) is 0.294. The Labute approximate surface area is 153 Å². The number of fused-ring (bicyclic) bond motifs is 1. The molecule has 26 heavy (non-hydrogen) atoms. The van der Waals surface area contributed by atoms with Gasteiger partial charge in [0.1, 0.15) is 12.4 Å². The standard InChI is InChI=1S/C22H21NO3/c24-21-13-19-7-6-18(12-20(19)14-21)17-8-10-23(11-9-17)22(25)26-15-16-4-2-1-3-5-16/h1-8,12H,9-11,13-15H2. The summed E-state index contributed by atoms with van der Waals surface area (Å²) in [5, 5.41) is 0. The third-order valence-electron chi connectivity index (χ3n) is 5.02. The van der Waals surface area contributed by atoms with Crippen LogP contribution >= 0.6 is 0 Å². The van der Waals surface area contributed by atoms with Gasteiger partial charge in [0.15, 0.2) is 0 Å². The Bertz CT molecular complexity index is 870. The van der Waals surface area contributed by atoms with Crippen molar-refractivity contribution in [3.05, 3.63) is 76.9 Å². The monoisotopic (exact) mass is 347 g/mol. The molecule has 0 radical (unpaired) electrons. The Hall–Kier alpha value is -2.88. The fraction of sp³-hybridized carbons (Fsp3) is 0.273. The molecule has 0 saturated heterocycles. The molecular weight excluding hydrogens is 326 g/mol. The van der Waals surface area contributed by atoms with E-state index in [1.54, 1.807) is 4.90 Å². The van der Waals surface area contributed by atoms with Crippen LogP contribution in [0.25, 0.3) is 5.57 Å². The maximum Gasteiger partial charge on any atom is 0.410 e. The number of Topliss-reactive ketones (excluding diaryl/α,β-unsaturated/α-hetero) is 1. The number of carbonyl (C=O) groups excluding carboxylic acids is 2. The lowest BCUT2D eigenvalue weighted by atomic mass is 9.96. The fourth-order valence-electron chi connectivity index (χ4n) is 3.56. The molecule has 4 nitrogen and oxygen atoms in total. The van der Waals surface area contributed by atoms with Crippen molar-refractivity contribution in [2.45, 2.75) is 25.9 Å². The summed E-state index contributed by atoms with van der Waals surface area (Å²) in [4.78, 5) is 25.6. The van der Waals surface area contributed by atoms with Gasteiger partial charge in [-0.2, -0.15) is 0 Å². The number of ether oxygens (including phenoxy) is 1. The molecule has 1 aliphatic heterocycles. The molecule has 0 aromatic heterocycles. The lowest BCUT2D eigenvalue weighted by Gasteiger charge is -2.26. The highest BCUT2D eigenvalue weighted by Crippen LogP contribution is 2.28. The van der Waals surface area contributed by atoms with E-state index in [1.807, 2.05) is 30.3 Å². The molecule has 0 saturated carbocycles. The molecule has 1 amide bonds. The zero-order valence-electron chi connectivity index (χ0n) is 14.6. The molecule has 0 spiro atoms. The minimum atomic E-state index is -0.274. The highest BCUT2D eigenvalue weighted by atomic mass is 16.6. The zero-order chi connectivity index (χ0) is 17.9. The van der Waals surface area contributed by atoms with E-state index in [0.717, 1.165) is 28.7 Å². The van der Waals surface area contributed by atoms with Crippen LogP contribution in [-0.2, 0) is 29.0 Å². The third-order valence-corrected chi connectivity index (χ3v) is 5.02. The van der Waals surface area contributed by atoms with Gasteiger partial charge in [-0.25, -0.2) is 4.79 Å². The predicted octanol–water partition coefficient (Wildman–Crippen LogP) is 3.78. The van der Waals surface area contributed by atoms with Crippen LogP contribution in [0.3, 0.4) is 0 Å². The van der Waals surface area contributed by atoms with Gasteiger partial charge in [0.05, 0.1) is 0 Å². The quantitative estimate of drug-likeness (QED) is 0.849. The van der Waals surface area contributed by atoms with Crippen molar-refractivity contribution in [3.8, 4) is 0 Å². The van der Waals surface area contributed by atoms with Crippen molar-refractivity contribution in [2.75, 3.05) is 13.1 Å². The van der Waals surface area contributed by atoms with Gasteiger partial charge in [0, 0.05) is 25.9 Å². The normalized spacial score (nSPS) is 16.2. The number of carbonyl (C=O) groups is 2. The van der Waals surface area contributed by atoms with Gasteiger partial charge < -0.3 is 9.64 Å². The first-order valence-corrected chi connectivity index (χ1v) is 8.97. The molecule has 1 heterocycles. The van der Waals surface area contributed by atoms with Crippen molar-refractivity contribution < 1.29 is 14.3 Å². The molecule has 0 fully saturated rings. The zero-order valence-corrected chi connectivity index (χ0v) is 14.6. The minimum absolute atomic E-state index is 0.274. The topological polar surface area (TPSA) is 46.6 Å². The van der Waals surface area contributed by atoms with Crippen LogP contribution < -0.4 is 0 Å². The first-order valence-electron chi connectivity index (χ1n) is 8.97. The van der Waals surface area contributed by atoms with Gasteiger partial charge in [-0.05, 0) is 34.2 Å². The number of benzene rings is 2. The summed E-state index contributed by atoms with van der Waals surface area (Å²) in [5.41, 5.74) is 5.69. The Morgan fingerprint density at radius 2 is 1.85 bits per heavy atom. The number of rotatable bonds is 3. The Morgan fingerprint density at radius 1 is 1.04 bits per heavy atom. The van der Waals surface area contributed by atoms with Crippen LogP contribution in [0.15, 0.2) is 54.6 Å². The molecule has 132 valence electrons. The number of hydrogen-bond acceptors (Lipinski definition) is 3. The average Bonchev–Trinajstić information content (AvgIpc) is 3.06. The first kappa shape index (κ1) is 16.6. The van der Waals surface area contributed by atoms with Crippen molar-refractivity contribution in [3.63, 3.8) is 0 Å². The average molecular weight is 347 g/mol. The van der Waals surface area contributed by atoms with E-state index in [4.69, 9.17) is 4.74 Å². The lowest BCUT2D eigenvalue weighted by Crippen LogP contribution is -2.35. The molecule has 2 aliphatic rings. The number of nitrogens with zero attached hydrogens (tertiary/aromatic N) is 1. The summed E-state index contributed by atoms with van der Waals surface area (Å²) in [6.07, 6.45) is 3.73. The number of amides is 1. The van der Waals surface area contributed by atoms with E-state index < -0.39 is 0 Å².